The van der Waals surface area contributed by atoms with E-state index < -0.39 is 0 Å². The van der Waals surface area contributed by atoms with E-state index in [-0.39, 0.29) is 0 Å². The molecule has 2 heteroatoms. The van der Waals surface area contributed by atoms with Gasteiger partial charge in [-0.25, -0.2) is 0 Å². The molecule has 0 aliphatic heterocycles. The van der Waals surface area contributed by atoms with Crippen LogP contribution in [0.1, 0.15) is 45.4 Å². The molecular formula is C11H23BS. The van der Waals surface area contributed by atoms with Gasteiger partial charge in [-0.05, 0) is 18.6 Å². The molecule has 1 fully saturated rings. The summed E-state index contributed by atoms with van der Waals surface area (Å²) in [4.78, 5) is 0. The lowest BCUT2D eigenvalue weighted by Gasteiger charge is -2.12. The van der Waals surface area contributed by atoms with Crippen molar-refractivity contribution in [3.63, 3.8) is 0 Å². The Hall–Kier alpha value is 0.415. The van der Waals surface area contributed by atoms with Gasteiger partial charge in [-0.1, -0.05) is 45.2 Å². The standard InChI is InChI=1S/C11H23BS/c1-2-12-9-10-13-11-7-5-3-4-6-8-11/h11-12H,2-10H2,1H3. The first-order valence-corrected chi connectivity index (χ1v) is 7.10. The molecule has 0 unspecified atom stereocenters. The summed E-state index contributed by atoms with van der Waals surface area (Å²) in [5.74, 6) is 1.42. The molecule has 0 N–H and O–H groups in total. The number of thioether (sulfide) groups is 1. The lowest BCUT2D eigenvalue weighted by atomic mass is 9.73. The largest absolute Gasteiger partial charge is 0.159 e. The molecule has 0 radical (unpaired) electrons. The Kier molecular flexibility index (Phi) is 6.88. The molecule has 0 heterocycles. The first kappa shape index (κ1) is 11.5. The predicted octanol–water partition coefficient (Wildman–Crippen LogP) is 3.74. The van der Waals surface area contributed by atoms with Crippen LogP contribution in [0, 0.1) is 0 Å². The maximum absolute atomic E-state index is 2.29. The van der Waals surface area contributed by atoms with Crippen molar-refractivity contribution in [2.75, 3.05) is 5.75 Å². The molecule has 1 rings (SSSR count). The fourth-order valence-electron chi connectivity index (χ4n) is 2.01. The molecule has 1 aliphatic carbocycles. The molecule has 1 aliphatic rings. The Morgan fingerprint density at radius 3 is 2.46 bits per heavy atom. The summed E-state index contributed by atoms with van der Waals surface area (Å²) in [7, 11) is 1.43. The van der Waals surface area contributed by atoms with Gasteiger partial charge in [0, 0.05) is 5.25 Å². The molecule has 0 amide bonds. The van der Waals surface area contributed by atoms with Gasteiger partial charge in [-0.2, -0.15) is 11.8 Å². The van der Waals surface area contributed by atoms with Crippen molar-refractivity contribution >= 4 is 19.0 Å². The van der Waals surface area contributed by atoms with E-state index in [9.17, 15) is 0 Å². The van der Waals surface area contributed by atoms with Gasteiger partial charge in [-0.3, -0.25) is 0 Å². The van der Waals surface area contributed by atoms with Crippen molar-refractivity contribution in [3.8, 4) is 0 Å². The molecule has 1 saturated carbocycles. The maximum atomic E-state index is 2.29. The van der Waals surface area contributed by atoms with E-state index in [2.05, 4.69) is 18.7 Å². The Morgan fingerprint density at radius 1 is 1.15 bits per heavy atom. The zero-order valence-electron chi connectivity index (χ0n) is 9.06. The second-order valence-electron chi connectivity index (χ2n) is 4.19. The minimum atomic E-state index is 1.01. The fourth-order valence-corrected chi connectivity index (χ4v) is 3.38. The average molecular weight is 198 g/mol. The highest BCUT2D eigenvalue weighted by Gasteiger charge is 2.11. The summed E-state index contributed by atoms with van der Waals surface area (Å²) in [5, 5.41) is 1.01. The highest BCUT2D eigenvalue weighted by atomic mass is 32.2. The smallest absolute Gasteiger partial charge is 0.121 e. The van der Waals surface area contributed by atoms with Crippen LogP contribution in [0.4, 0.5) is 0 Å². The van der Waals surface area contributed by atoms with Crippen LogP contribution in [-0.2, 0) is 0 Å². The summed E-state index contributed by atoms with van der Waals surface area (Å²) in [6.07, 6.45) is 11.8. The summed E-state index contributed by atoms with van der Waals surface area (Å²) in [5.41, 5.74) is 0. The van der Waals surface area contributed by atoms with E-state index in [1.165, 1.54) is 64.2 Å². The SMILES string of the molecule is CCBCCSC1CCCCCC1. The summed E-state index contributed by atoms with van der Waals surface area (Å²) < 4.78 is 0. The lowest BCUT2D eigenvalue weighted by molar-refractivity contribution is 0.702. The molecule has 0 aromatic carbocycles. The molecule has 0 nitrogen and oxygen atoms in total. The van der Waals surface area contributed by atoms with Crippen LogP contribution in [0.5, 0.6) is 0 Å². The van der Waals surface area contributed by atoms with Crippen LogP contribution >= 0.6 is 11.8 Å². The first-order valence-electron chi connectivity index (χ1n) is 6.05. The van der Waals surface area contributed by atoms with Gasteiger partial charge in [0.25, 0.3) is 0 Å². The van der Waals surface area contributed by atoms with Crippen LogP contribution in [0.2, 0.25) is 12.6 Å². The minimum Gasteiger partial charge on any atom is -0.159 e. The van der Waals surface area contributed by atoms with E-state index >= 15 is 0 Å². The van der Waals surface area contributed by atoms with Gasteiger partial charge in [0.05, 0.1) is 0 Å². The van der Waals surface area contributed by atoms with E-state index in [1.807, 2.05) is 0 Å². The van der Waals surface area contributed by atoms with Crippen LogP contribution in [0.25, 0.3) is 0 Å². The summed E-state index contributed by atoms with van der Waals surface area (Å²) >= 11 is 2.25. The predicted molar refractivity (Wildman–Crippen MR) is 66.4 cm³/mol. The van der Waals surface area contributed by atoms with Crippen molar-refractivity contribution in [1.82, 2.24) is 0 Å². The second-order valence-corrected chi connectivity index (χ2v) is 5.60. The molecule has 0 spiro atoms. The zero-order valence-corrected chi connectivity index (χ0v) is 9.87. The number of rotatable bonds is 5. The quantitative estimate of drug-likeness (QED) is 0.368. The number of hydrogen-bond donors (Lipinski definition) is 0. The van der Waals surface area contributed by atoms with Crippen molar-refractivity contribution in [2.45, 2.75) is 63.3 Å². The topological polar surface area (TPSA) is 0 Å². The molecule has 0 aromatic heterocycles. The van der Waals surface area contributed by atoms with Crippen LogP contribution < -0.4 is 0 Å². The van der Waals surface area contributed by atoms with E-state index in [0.717, 1.165) is 5.25 Å². The molecule has 0 saturated heterocycles. The van der Waals surface area contributed by atoms with Crippen molar-refractivity contribution in [3.05, 3.63) is 0 Å². The first-order chi connectivity index (χ1) is 6.43. The normalized spacial score (nSPS) is 19.8. The van der Waals surface area contributed by atoms with Gasteiger partial charge in [0.1, 0.15) is 7.28 Å². The third kappa shape index (κ3) is 5.67. The van der Waals surface area contributed by atoms with Gasteiger partial charge >= 0.3 is 0 Å². The van der Waals surface area contributed by atoms with Gasteiger partial charge in [0.15, 0.2) is 0 Å². The molecule has 0 atom stereocenters. The van der Waals surface area contributed by atoms with E-state index in [0.29, 0.717) is 0 Å². The molecule has 0 bridgehead atoms. The Bertz CT molecular complexity index is 109. The van der Waals surface area contributed by atoms with Crippen molar-refractivity contribution < 1.29 is 0 Å². The third-order valence-corrected chi connectivity index (χ3v) is 4.37. The Morgan fingerprint density at radius 2 is 1.85 bits per heavy atom. The average Bonchev–Trinajstić information content (AvgIpc) is 2.41. The molecule has 13 heavy (non-hydrogen) atoms. The minimum absolute atomic E-state index is 1.01. The van der Waals surface area contributed by atoms with E-state index in [4.69, 9.17) is 0 Å². The van der Waals surface area contributed by atoms with Crippen molar-refractivity contribution in [2.24, 2.45) is 0 Å². The molecular weight excluding hydrogens is 175 g/mol. The highest BCUT2D eigenvalue weighted by Crippen LogP contribution is 2.27. The molecule has 0 aromatic rings. The Balaban J connectivity index is 1.98. The van der Waals surface area contributed by atoms with Crippen LogP contribution in [-0.4, -0.2) is 18.3 Å². The fraction of sp³-hybridized carbons (Fsp3) is 1.00. The van der Waals surface area contributed by atoms with Crippen molar-refractivity contribution in [1.29, 1.82) is 0 Å². The van der Waals surface area contributed by atoms with Gasteiger partial charge in [-0.15, -0.1) is 0 Å². The Labute approximate surface area is 88.5 Å². The number of hydrogen-bond acceptors (Lipinski definition) is 1. The van der Waals surface area contributed by atoms with Crippen LogP contribution in [0.3, 0.4) is 0 Å². The second kappa shape index (κ2) is 7.79. The maximum Gasteiger partial charge on any atom is 0.121 e. The van der Waals surface area contributed by atoms with E-state index in [1.54, 1.807) is 0 Å². The zero-order chi connectivity index (χ0) is 9.36. The monoisotopic (exact) mass is 198 g/mol. The lowest BCUT2D eigenvalue weighted by Crippen LogP contribution is -2.02. The third-order valence-electron chi connectivity index (χ3n) is 2.90. The molecule has 76 valence electrons. The highest BCUT2D eigenvalue weighted by molar-refractivity contribution is 7.99. The van der Waals surface area contributed by atoms with Gasteiger partial charge < -0.3 is 0 Å². The summed E-state index contributed by atoms with van der Waals surface area (Å²) in [6, 6.07) is 0. The summed E-state index contributed by atoms with van der Waals surface area (Å²) in [6.45, 7) is 2.29. The van der Waals surface area contributed by atoms with Gasteiger partial charge in [0.2, 0.25) is 0 Å². The van der Waals surface area contributed by atoms with Crippen LogP contribution in [0.15, 0.2) is 0 Å².